The molecule has 3 aromatic carbocycles. The van der Waals surface area contributed by atoms with E-state index in [1.54, 1.807) is 24.3 Å². The number of hydrogen-bond donors (Lipinski definition) is 1. The second kappa shape index (κ2) is 10.7. The molecule has 3 fully saturated rings. The van der Waals surface area contributed by atoms with Gasteiger partial charge in [0, 0.05) is 49.5 Å². The summed E-state index contributed by atoms with van der Waals surface area (Å²) in [7, 11) is 0. The molecule has 2 atom stereocenters. The third-order valence-corrected chi connectivity index (χ3v) is 7.40. The Morgan fingerprint density at radius 2 is 1.47 bits per heavy atom. The fraction of sp³-hybridized carbons (Fsp3) is 0.310. The Morgan fingerprint density at radius 3 is 2.08 bits per heavy atom. The molecule has 0 spiro atoms. The molecule has 36 heavy (non-hydrogen) atoms. The van der Waals surface area contributed by atoms with Crippen LogP contribution in [0.2, 0.25) is 0 Å². The van der Waals surface area contributed by atoms with Crippen molar-refractivity contribution in [3.05, 3.63) is 107 Å². The van der Waals surface area contributed by atoms with Crippen LogP contribution in [0.5, 0.6) is 0 Å². The van der Waals surface area contributed by atoms with Crippen molar-refractivity contribution in [3.8, 4) is 0 Å². The largest absolute Gasteiger partial charge is 0.367 e. The number of aromatic amines is 1. The van der Waals surface area contributed by atoms with Crippen molar-refractivity contribution in [3.63, 3.8) is 0 Å². The van der Waals surface area contributed by atoms with Gasteiger partial charge < -0.3 is 9.72 Å². The first kappa shape index (κ1) is 24.9. The summed E-state index contributed by atoms with van der Waals surface area (Å²) < 4.78 is 33.2. The predicted molar refractivity (Wildman–Crippen MR) is 140 cm³/mol. The molecule has 7 rings (SSSR count). The summed E-state index contributed by atoms with van der Waals surface area (Å²) >= 11 is 0. The van der Waals surface area contributed by atoms with Gasteiger partial charge in [0.15, 0.2) is 0 Å². The summed E-state index contributed by atoms with van der Waals surface area (Å²) in [5.74, 6) is -0.563. The molecule has 188 valence electrons. The first-order chi connectivity index (χ1) is 17.1. The zero-order valence-corrected chi connectivity index (χ0v) is 20.8. The minimum absolute atomic E-state index is 0. The average molecular weight is 510 g/mol. The molecular formula is C29H30ClF2N3O. The number of H-pyrrole nitrogens is 1. The summed E-state index contributed by atoms with van der Waals surface area (Å²) in [5, 5.41) is 1.27. The van der Waals surface area contributed by atoms with Crippen LogP contribution in [-0.4, -0.2) is 53.1 Å². The lowest BCUT2D eigenvalue weighted by Crippen LogP contribution is -2.68. The van der Waals surface area contributed by atoms with Crippen molar-refractivity contribution in [2.24, 2.45) is 0 Å². The smallest absolute Gasteiger partial charge is 0.123 e. The van der Waals surface area contributed by atoms with Crippen LogP contribution in [0.4, 0.5) is 8.78 Å². The van der Waals surface area contributed by atoms with Gasteiger partial charge in [0.05, 0.1) is 6.61 Å². The van der Waals surface area contributed by atoms with Crippen molar-refractivity contribution >= 4 is 23.3 Å². The molecule has 7 heteroatoms. The monoisotopic (exact) mass is 509 g/mol. The Hall–Kier alpha value is -2.77. The normalized spacial score (nSPS) is 19.9. The van der Waals surface area contributed by atoms with E-state index in [2.05, 4.69) is 45.1 Å². The highest BCUT2D eigenvalue weighted by atomic mass is 35.5. The molecule has 0 radical (unpaired) electrons. The molecule has 2 bridgehead atoms. The van der Waals surface area contributed by atoms with E-state index in [4.69, 9.17) is 4.74 Å². The predicted octanol–water partition coefficient (Wildman–Crippen LogP) is 5.93. The maximum atomic E-state index is 13.5. The van der Waals surface area contributed by atoms with E-state index < -0.39 is 0 Å². The standard InChI is InChI=1S/C29H29F2N3O.ClH/c30-23-9-5-20(6-10-23)29(21-7-11-24(31)12-8-21)35-14-13-33-18-26-16-27(19-33)34(26)17-25-15-22-3-1-2-4-28(22)32-25;/h1-12,15,26-27,29,32H,13-14,16-19H2;1H. The van der Waals surface area contributed by atoms with Crippen LogP contribution in [0.15, 0.2) is 78.9 Å². The number of hydrogen-bond acceptors (Lipinski definition) is 3. The van der Waals surface area contributed by atoms with Gasteiger partial charge in [0.1, 0.15) is 17.7 Å². The van der Waals surface area contributed by atoms with Crippen LogP contribution in [0.25, 0.3) is 10.9 Å². The molecule has 4 nitrogen and oxygen atoms in total. The van der Waals surface area contributed by atoms with Gasteiger partial charge in [0.25, 0.3) is 0 Å². The van der Waals surface area contributed by atoms with Crippen LogP contribution >= 0.6 is 12.4 Å². The molecule has 0 saturated carbocycles. The summed E-state index contributed by atoms with van der Waals surface area (Å²) in [6.07, 6.45) is 0.903. The van der Waals surface area contributed by atoms with Gasteiger partial charge in [-0.05, 0) is 59.3 Å². The Kier molecular flexibility index (Phi) is 7.39. The highest BCUT2D eigenvalue weighted by molar-refractivity contribution is 5.85. The number of para-hydroxylation sites is 1. The van der Waals surface area contributed by atoms with Crippen molar-refractivity contribution in [1.29, 1.82) is 0 Å². The zero-order chi connectivity index (χ0) is 23.8. The number of benzene rings is 3. The highest BCUT2D eigenvalue weighted by Crippen LogP contribution is 2.34. The van der Waals surface area contributed by atoms with Crippen LogP contribution in [0.1, 0.15) is 29.3 Å². The number of halogens is 3. The molecule has 1 N–H and O–H groups in total. The topological polar surface area (TPSA) is 31.5 Å². The Bertz CT molecular complexity index is 1200. The Morgan fingerprint density at radius 1 is 0.861 bits per heavy atom. The van der Waals surface area contributed by atoms with E-state index >= 15 is 0 Å². The zero-order valence-electron chi connectivity index (χ0n) is 19.9. The molecule has 4 heterocycles. The number of aromatic nitrogens is 1. The minimum Gasteiger partial charge on any atom is -0.367 e. The van der Waals surface area contributed by atoms with Crippen molar-refractivity contribution < 1.29 is 13.5 Å². The van der Waals surface area contributed by atoms with E-state index in [0.717, 1.165) is 37.3 Å². The van der Waals surface area contributed by atoms with E-state index in [9.17, 15) is 8.78 Å². The first-order valence-corrected chi connectivity index (χ1v) is 12.3. The molecule has 3 aliphatic heterocycles. The SMILES string of the molecule is Cl.Fc1ccc(C(OCCN2CC3CC(C2)N3Cc2cc3ccccc3[nH]2)c2ccc(F)cc2)cc1. The van der Waals surface area contributed by atoms with Crippen LogP contribution in [0.3, 0.4) is 0 Å². The Labute approximate surface area is 216 Å². The summed E-state index contributed by atoms with van der Waals surface area (Å²) in [5.41, 5.74) is 4.20. The first-order valence-electron chi connectivity index (χ1n) is 12.3. The van der Waals surface area contributed by atoms with Crippen LogP contribution in [-0.2, 0) is 11.3 Å². The quantitative estimate of drug-likeness (QED) is 0.319. The lowest BCUT2D eigenvalue weighted by molar-refractivity contribution is -0.0821. The maximum absolute atomic E-state index is 13.5. The maximum Gasteiger partial charge on any atom is 0.123 e. The molecule has 1 aromatic heterocycles. The van der Waals surface area contributed by atoms with Gasteiger partial charge in [-0.1, -0.05) is 42.5 Å². The average Bonchev–Trinajstić information content (AvgIpc) is 3.30. The third kappa shape index (κ3) is 5.18. The molecule has 0 aliphatic carbocycles. The fourth-order valence-corrected chi connectivity index (χ4v) is 5.59. The molecule has 0 amide bonds. The lowest BCUT2D eigenvalue weighted by atomic mass is 9.87. The van der Waals surface area contributed by atoms with Crippen molar-refractivity contribution in [2.45, 2.75) is 31.2 Å². The van der Waals surface area contributed by atoms with Gasteiger partial charge >= 0.3 is 0 Å². The number of rotatable bonds is 8. The number of piperidine rings is 1. The number of fused-ring (bicyclic) bond motifs is 3. The summed E-state index contributed by atoms with van der Waals surface area (Å²) in [6.45, 7) is 4.44. The Balaban J connectivity index is 0.00000267. The van der Waals surface area contributed by atoms with E-state index in [1.165, 1.54) is 47.3 Å². The molecule has 3 aliphatic rings. The van der Waals surface area contributed by atoms with E-state index in [1.807, 2.05) is 0 Å². The molecular weight excluding hydrogens is 480 g/mol. The van der Waals surface area contributed by atoms with Gasteiger partial charge in [-0.3, -0.25) is 9.80 Å². The molecule has 3 saturated heterocycles. The van der Waals surface area contributed by atoms with E-state index in [-0.39, 0.29) is 30.1 Å². The number of piperazine rings is 1. The molecule has 2 unspecified atom stereocenters. The van der Waals surface area contributed by atoms with Gasteiger partial charge in [-0.25, -0.2) is 8.78 Å². The van der Waals surface area contributed by atoms with Crippen molar-refractivity contribution in [1.82, 2.24) is 14.8 Å². The third-order valence-electron chi connectivity index (χ3n) is 7.40. The van der Waals surface area contributed by atoms with E-state index in [0.29, 0.717) is 18.7 Å². The number of nitrogens with one attached hydrogen (secondary N) is 1. The minimum atomic E-state index is -0.353. The molecule has 4 aromatic rings. The number of ether oxygens (including phenoxy) is 1. The second-order valence-electron chi connectivity index (χ2n) is 9.71. The van der Waals surface area contributed by atoms with Crippen LogP contribution < -0.4 is 0 Å². The fourth-order valence-electron chi connectivity index (χ4n) is 5.59. The van der Waals surface area contributed by atoms with Gasteiger partial charge in [0.2, 0.25) is 0 Å². The summed E-state index contributed by atoms with van der Waals surface area (Å²) in [4.78, 5) is 8.65. The van der Waals surface area contributed by atoms with Crippen molar-refractivity contribution in [2.75, 3.05) is 26.2 Å². The number of nitrogens with zero attached hydrogens (tertiary/aromatic N) is 2. The summed E-state index contributed by atoms with van der Waals surface area (Å²) in [6, 6.07) is 24.5. The second-order valence-corrected chi connectivity index (χ2v) is 9.71. The lowest BCUT2D eigenvalue weighted by Gasteiger charge is -2.56. The van der Waals surface area contributed by atoms with Crippen LogP contribution in [0, 0.1) is 11.6 Å². The van der Waals surface area contributed by atoms with Gasteiger partial charge in [-0.15, -0.1) is 12.4 Å². The van der Waals surface area contributed by atoms with Gasteiger partial charge in [-0.2, -0.15) is 0 Å². The highest BCUT2D eigenvalue weighted by Gasteiger charge is 2.44.